The summed E-state index contributed by atoms with van der Waals surface area (Å²) < 4.78 is 5.27. The fraction of sp³-hybridized carbons (Fsp3) is 0.444. The average molecular weight is 317 g/mol. The molecule has 1 saturated heterocycles. The number of nitrogens with zero attached hydrogens (tertiary/aromatic N) is 1. The molecule has 1 fully saturated rings. The molecular weight excluding hydrogens is 294 g/mol. The van der Waals surface area contributed by atoms with Gasteiger partial charge in [0.2, 0.25) is 0 Å². The number of hydrogen-bond acceptors (Lipinski definition) is 4. The van der Waals surface area contributed by atoms with Crippen LogP contribution in [0.1, 0.15) is 18.9 Å². The SMILES string of the molecule is C=C(C)C(C(=O)O)C1CCN(CC(=O)OCc2ccccc2)C1. The predicted molar refractivity (Wildman–Crippen MR) is 86.7 cm³/mol. The van der Waals surface area contributed by atoms with E-state index in [0.717, 1.165) is 12.0 Å². The van der Waals surface area contributed by atoms with Gasteiger partial charge in [0.1, 0.15) is 6.61 Å². The summed E-state index contributed by atoms with van der Waals surface area (Å²) in [4.78, 5) is 25.2. The van der Waals surface area contributed by atoms with Crippen LogP contribution in [-0.4, -0.2) is 41.6 Å². The lowest BCUT2D eigenvalue weighted by atomic mass is 9.86. The van der Waals surface area contributed by atoms with Crippen LogP contribution < -0.4 is 0 Å². The van der Waals surface area contributed by atoms with E-state index in [4.69, 9.17) is 4.74 Å². The molecule has 124 valence electrons. The van der Waals surface area contributed by atoms with Crippen molar-refractivity contribution in [3.63, 3.8) is 0 Å². The highest BCUT2D eigenvalue weighted by Gasteiger charge is 2.34. The molecule has 0 amide bonds. The molecule has 5 nitrogen and oxygen atoms in total. The van der Waals surface area contributed by atoms with E-state index in [1.54, 1.807) is 6.92 Å². The van der Waals surface area contributed by atoms with E-state index >= 15 is 0 Å². The largest absolute Gasteiger partial charge is 0.481 e. The molecule has 0 spiro atoms. The zero-order valence-electron chi connectivity index (χ0n) is 13.4. The summed E-state index contributed by atoms with van der Waals surface area (Å²) in [6.07, 6.45) is 0.760. The van der Waals surface area contributed by atoms with Crippen LogP contribution in [0.4, 0.5) is 0 Å². The van der Waals surface area contributed by atoms with Gasteiger partial charge in [-0.1, -0.05) is 42.5 Å². The lowest BCUT2D eigenvalue weighted by Gasteiger charge is -2.20. The maximum atomic E-state index is 11.9. The molecule has 0 aromatic heterocycles. The molecule has 0 bridgehead atoms. The van der Waals surface area contributed by atoms with E-state index in [2.05, 4.69) is 6.58 Å². The van der Waals surface area contributed by atoms with E-state index in [9.17, 15) is 14.7 Å². The Morgan fingerprint density at radius 3 is 2.70 bits per heavy atom. The topological polar surface area (TPSA) is 66.8 Å². The molecule has 1 heterocycles. The smallest absolute Gasteiger partial charge is 0.320 e. The third-order valence-corrected chi connectivity index (χ3v) is 4.17. The van der Waals surface area contributed by atoms with E-state index < -0.39 is 11.9 Å². The number of esters is 1. The van der Waals surface area contributed by atoms with Crippen molar-refractivity contribution in [2.45, 2.75) is 20.0 Å². The number of carbonyl (C=O) groups is 2. The molecular formula is C18H23NO4. The monoisotopic (exact) mass is 317 g/mol. The third kappa shape index (κ3) is 4.93. The van der Waals surface area contributed by atoms with Crippen LogP contribution in [0, 0.1) is 11.8 Å². The Hall–Kier alpha value is -2.14. The first-order valence-corrected chi connectivity index (χ1v) is 7.77. The van der Waals surface area contributed by atoms with Gasteiger partial charge in [0.15, 0.2) is 0 Å². The van der Waals surface area contributed by atoms with Gasteiger partial charge in [0.25, 0.3) is 0 Å². The molecule has 1 aliphatic rings. The third-order valence-electron chi connectivity index (χ3n) is 4.17. The first-order valence-electron chi connectivity index (χ1n) is 7.77. The second kappa shape index (κ2) is 7.92. The summed E-state index contributed by atoms with van der Waals surface area (Å²) in [7, 11) is 0. The number of carbonyl (C=O) groups excluding carboxylic acids is 1. The van der Waals surface area contributed by atoms with Crippen LogP contribution in [0.2, 0.25) is 0 Å². The van der Waals surface area contributed by atoms with Gasteiger partial charge in [0.05, 0.1) is 12.5 Å². The molecule has 23 heavy (non-hydrogen) atoms. The van der Waals surface area contributed by atoms with Crippen molar-refractivity contribution in [1.82, 2.24) is 4.90 Å². The predicted octanol–water partition coefficient (Wildman–Crippen LogP) is 2.33. The fourth-order valence-electron chi connectivity index (χ4n) is 3.06. The Kier molecular flexibility index (Phi) is 5.93. The van der Waals surface area contributed by atoms with Crippen molar-refractivity contribution in [3.8, 4) is 0 Å². The van der Waals surface area contributed by atoms with Gasteiger partial charge in [-0.2, -0.15) is 0 Å². The zero-order chi connectivity index (χ0) is 16.8. The number of aliphatic carboxylic acids is 1. The maximum Gasteiger partial charge on any atom is 0.320 e. The molecule has 1 aliphatic heterocycles. The molecule has 2 unspecified atom stereocenters. The van der Waals surface area contributed by atoms with E-state index in [1.807, 2.05) is 35.2 Å². The molecule has 1 N–H and O–H groups in total. The standard InChI is InChI=1S/C18H23NO4/c1-13(2)17(18(21)22)15-8-9-19(10-15)11-16(20)23-12-14-6-4-3-5-7-14/h3-7,15,17H,1,8-12H2,2H3,(H,21,22). The van der Waals surface area contributed by atoms with E-state index in [1.165, 1.54) is 0 Å². The first kappa shape index (κ1) is 17.2. The van der Waals surface area contributed by atoms with E-state index in [-0.39, 0.29) is 25.0 Å². The second-order valence-electron chi connectivity index (χ2n) is 6.09. The molecule has 0 radical (unpaired) electrons. The summed E-state index contributed by atoms with van der Waals surface area (Å²) in [5, 5.41) is 9.31. The first-order chi connectivity index (χ1) is 11.0. The quantitative estimate of drug-likeness (QED) is 0.617. The van der Waals surface area contributed by atoms with Crippen molar-refractivity contribution < 1.29 is 19.4 Å². The number of benzene rings is 1. The highest BCUT2D eigenvalue weighted by molar-refractivity contribution is 5.74. The lowest BCUT2D eigenvalue weighted by Crippen LogP contribution is -2.31. The number of carboxylic acid groups (broad SMARTS) is 1. The molecule has 1 aromatic rings. The molecule has 0 saturated carbocycles. The van der Waals surface area contributed by atoms with Crippen molar-refractivity contribution in [2.24, 2.45) is 11.8 Å². The highest BCUT2D eigenvalue weighted by atomic mass is 16.5. The molecule has 5 heteroatoms. The number of likely N-dealkylation sites (tertiary alicyclic amines) is 1. The Balaban J connectivity index is 1.79. The van der Waals surface area contributed by atoms with Gasteiger partial charge >= 0.3 is 11.9 Å². The summed E-state index contributed by atoms with van der Waals surface area (Å²) >= 11 is 0. The minimum atomic E-state index is -0.837. The van der Waals surface area contributed by atoms with Crippen LogP contribution in [0.25, 0.3) is 0 Å². The van der Waals surface area contributed by atoms with Crippen LogP contribution in [0.3, 0.4) is 0 Å². The van der Waals surface area contributed by atoms with Gasteiger partial charge in [0, 0.05) is 6.54 Å². The molecule has 2 rings (SSSR count). The number of rotatable bonds is 7. The minimum Gasteiger partial charge on any atom is -0.481 e. The van der Waals surface area contributed by atoms with Gasteiger partial charge in [-0.3, -0.25) is 14.5 Å². The highest BCUT2D eigenvalue weighted by Crippen LogP contribution is 2.28. The van der Waals surface area contributed by atoms with Crippen molar-refractivity contribution in [3.05, 3.63) is 48.0 Å². The zero-order valence-corrected chi connectivity index (χ0v) is 13.4. The van der Waals surface area contributed by atoms with Gasteiger partial charge < -0.3 is 9.84 Å². The Morgan fingerprint density at radius 2 is 2.09 bits per heavy atom. The molecule has 2 atom stereocenters. The van der Waals surface area contributed by atoms with Gasteiger partial charge in [-0.15, -0.1) is 0 Å². The van der Waals surface area contributed by atoms with E-state index in [0.29, 0.717) is 18.7 Å². The Morgan fingerprint density at radius 1 is 1.39 bits per heavy atom. The van der Waals surface area contributed by atoms with Crippen molar-refractivity contribution >= 4 is 11.9 Å². The van der Waals surface area contributed by atoms with Crippen LogP contribution in [0.15, 0.2) is 42.5 Å². The molecule has 0 aliphatic carbocycles. The fourth-order valence-corrected chi connectivity index (χ4v) is 3.06. The summed E-state index contributed by atoms with van der Waals surface area (Å²) in [5.41, 5.74) is 1.62. The van der Waals surface area contributed by atoms with Crippen molar-refractivity contribution in [1.29, 1.82) is 0 Å². The summed E-state index contributed by atoms with van der Waals surface area (Å²) in [6, 6.07) is 9.53. The van der Waals surface area contributed by atoms with Crippen molar-refractivity contribution in [2.75, 3.05) is 19.6 Å². The summed E-state index contributed by atoms with van der Waals surface area (Å²) in [5.74, 6) is -1.65. The van der Waals surface area contributed by atoms with Crippen LogP contribution in [-0.2, 0) is 20.9 Å². The Labute approximate surface area is 136 Å². The minimum absolute atomic E-state index is 0.00641. The molecule has 1 aromatic carbocycles. The normalized spacial score (nSPS) is 19.3. The van der Waals surface area contributed by atoms with Gasteiger partial charge in [-0.05, 0) is 31.4 Å². The maximum absolute atomic E-state index is 11.9. The van der Waals surface area contributed by atoms with Crippen LogP contribution in [0.5, 0.6) is 0 Å². The number of hydrogen-bond donors (Lipinski definition) is 1. The van der Waals surface area contributed by atoms with Crippen LogP contribution >= 0.6 is 0 Å². The van der Waals surface area contributed by atoms with Gasteiger partial charge in [-0.25, -0.2) is 0 Å². The number of ether oxygens (including phenoxy) is 1. The number of carboxylic acids is 1. The second-order valence-corrected chi connectivity index (χ2v) is 6.09. The Bertz CT molecular complexity index is 556. The lowest BCUT2D eigenvalue weighted by molar-refractivity contribution is -0.146. The summed E-state index contributed by atoms with van der Waals surface area (Å²) in [6.45, 7) is 7.29. The average Bonchev–Trinajstić information content (AvgIpc) is 2.93.